The van der Waals surface area contributed by atoms with Gasteiger partial charge in [0.1, 0.15) is 0 Å². The minimum atomic E-state index is 1.18. The standard InChI is InChI=1S/C42H34/c1-31-13-21-39(22-14-31)41(37-9-5-3-6-10-37)29-33-17-25-35(26-18-33)36-27-19-34(20-28-36)30-42(38-11-7-4-8-12-38)40-23-15-32(2)16-24-40/h3-30H,1-2H3/b41-29+,42-30+. The average Bonchev–Trinajstić information content (AvgIpc) is 3.05. The molecule has 0 aliphatic heterocycles. The normalized spacial score (nSPS) is 11.9. The molecule has 0 spiro atoms. The van der Waals surface area contributed by atoms with Crippen LogP contribution in [0.2, 0.25) is 0 Å². The van der Waals surface area contributed by atoms with Crippen molar-refractivity contribution < 1.29 is 0 Å². The molecule has 6 aromatic carbocycles. The lowest BCUT2D eigenvalue weighted by Gasteiger charge is -2.11. The molecular formula is C42H34. The van der Waals surface area contributed by atoms with Gasteiger partial charge in [0, 0.05) is 0 Å². The monoisotopic (exact) mass is 538 g/mol. The zero-order valence-corrected chi connectivity index (χ0v) is 24.2. The first-order valence-electron chi connectivity index (χ1n) is 14.5. The van der Waals surface area contributed by atoms with Gasteiger partial charge in [0.2, 0.25) is 0 Å². The summed E-state index contributed by atoms with van der Waals surface area (Å²) in [6, 6.07) is 56.5. The van der Waals surface area contributed by atoms with Crippen LogP contribution in [-0.2, 0) is 0 Å². The largest absolute Gasteiger partial charge is 0.0622 e. The molecule has 6 aromatic rings. The second kappa shape index (κ2) is 12.5. The lowest BCUT2D eigenvalue weighted by molar-refractivity contribution is 1.45. The number of benzene rings is 6. The van der Waals surface area contributed by atoms with E-state index in [0.717, 1.165) is 0 Å². The van der Waals surface area contributed by atoms with E-state index >= 15 is 0 Å². The van der Waals surface area contributed by atoms with E-state index in [0.29, 0.717) is 0 Å². The summed E-state index contributed by atoms with van der Waals surface area (Å²) >= 11 is 0. The van der Waals surface area contributed by atoms with Crippen molar-refractivity contribution in [3.05, 3.63) is 202 Å². The van der Waals surface area contributed by atoms with Crippen molar-refractivity contribution in [1.29, 1.82) is 0 Å². The fourth-order valence-electron chi connectivity index (χ4n) is 5.25. The molecule has 6 rings (SSSR count). The fraction of sp³-hybridized carbons (Fsp3) is 0.0476. The summed E-state index contributed by atoms with van der Waals surface area (Å²) < 4.78 is 0. The minimum absolute atomic E-state index is 1.18. The van der Waals surface area contributed by atoms with Gasteiger partial charge in [0.25, 0.3) is 0 Å². The Morgan fingerprint density at radius 1 is 0.333 bits per heavy atom. The first-order valence-corrected chi connectivity index (χ1v) is 14.5. The van der Waals surface area contributed by atoms with E-state index in [4.69, 9.17) is 0 Å². The molecule has 0 nitrogen and oxygen atoms in total. The molecule has 0 saturated carbocycles. The van der Waals surface area contributed by atoms with Crippen molar-refractivity contribution in [2.24, 2.45) is 0 Å². The van der Waals surface area contributed by atoms with Gasteiger partial charge in [-0.3, -0.25) is 0 Å². The smallest absolute Gasteiger partial charge is 0.0105 e. The van der Waals surface area contributed by atoms with Crippen LogP contribution in [0.1, 0.15) is 44.5 Å². The van der Waals surface area contributed by atoms with Crippen molar-refractivity contribution in [2.45, 2.75) is 13.8 Å². The quantitative estimate of drug-likeness (QED) is 0.177. The molecule has 0 radical (unpaired) electrons. The summed E-state index contributed by atoms with van der Waals surface area (Å²) in [6.07, 6.45) is 4.57. The summed E-state index contributed by atoms with van der Waals surface area (Å²) in [6.45, 7) is 4.26. The second-order valence-corrected chi connectivity index (χ2v) is 10.8. The van der Waals surface area contributed by atoms with Crippen LogP contribution in [0.5, 0.6) is 0 Å². The second-order valence-electron chi connectivity index (χ2n) is 10.8. The van der Waals surface area contributed by atoms with E-state index in [1.54, 1.807) is 0 Å². The van der Waals surface area contributed by atoms with Gasteiger partial charge in [-0.25, -0.2) is 0 Å². The van der Waals surface area contributed by atoms with Crippen LogP contribution in [0.15, 0.2) is 158 Å². The summed E-state index contributed by atoms with van der Waals surface area (Å²) in [5.74, 6) is 0. The highest BCUT2D eigenvalue weighted by molar-refractivity contribution is 5.92. The Kier molecular flexibility index (Phi) is 8.06. The SMILES string of the molecule is Cc1ccc(/C(=C/c2ccc(-c3ccc(/C=C(\c4ccccc4)c4ccc(C)cc4)cc3)cc2)c2ccccc2)cc1. The molecule has 0 atom stereocenters. The lowest BCUT2D eigenvalue weighted by atomic mass is 9.94. The first kappa shape index (κ1) is 27.0. The maximum Gasteiger partial charge on any atom is -0.0105 e. The summed E-state index contributed by atoms with van der Waals surface area (Å²) in [7, 11) is 0. The number of rotatable bonds is 7. The number of aryl methyl sites for hydroxylation is 2. The van der Waals surface area contributed by atoms with Gasteiger partial charge >= 0.3 is 0 Å². The van der Waals surface area contributed by atoms with Crippen LogP contribution in [0.4, 0.5) is 0 Å². The molecule has 0 unspecified atom stereocenters. The minimum Gasteiger partial charge on any atom is -0.0622 e. The van der Waals surface area contributed by atoms with Crippen molar-refractivity contribution >= 4 is 23.3 Å². The van der Waals surface area contributed by atoms with Gasteiger partial charge in [0.05, 0.1) is 0 Å². The Balaban J connectivity index is 1.28. The van der Waals surface area contributed by atoms with Crippen molar-refractivity contribution in [3.63, 3.8) is 0 Å². The van der Waals surface area contributed by atoms with Gasteiger partial charge in [-0.15, -0.1) is 0 Å². The molecule has 0 bridgehead atoms. The lowest BCUT2D eigenvalue weighted by Crippen LogP contribution is -1.89. The molecule has 0 N–H and O–H groups in total. The van der Waals surface area contributed by atoms with Crippen molar-refractivity contribution in [2.75, 3.05) is 0 Å². The highest BCUT2D eigenvalue weighted by Gasteiger charge is 2.08. The fourth-order valence-corrected chi connectivity index (χ4v) is 5.25. The predicted molar refractivity (Wildman–Crippen MR) is 181 cm³/mol. The Bertz CT molecular complexity index is 1660. The van der Waals surface area contributed by atoms with Gasteiger partial charge < -0.3 is 0 Å². The molecule has 0 amide bonds. The third kappa shape index (κ3) is 6.40. The van der Waals surface area contributed by atoms with Crippen LogP contribution in [0, 0.1) is 13.8 Å². The molecule has 0 saturated heterocycles. The van der Waals surface area contributed by atoms with Crippen LogP contribution in [-0.4, -0.2) is 0 Å². The molecule has 0 fully saturated rings. The van der Waals surface area contributed by atoms with E-state index in [1.807, 2.05) is 0 Å². The Labute approximate surface area is 250 Å². The number of hydrogen-bond donors (Lipinski definition) is 0. The van der Waals surface area contributed by atoms with E-state index in [-0.39, 0.29) is 0 Å². The van der Waals surface area contributed by atoms with E-state index < -0.39 is 0 Å². The molecule has 0 aromatic heterocycles. The van der Waals surface area contributed by atoms with Crippen molar-refractivity contribution in [1.82, 2.24) is 0 Å². The maximum absolute atomic E-state index is 2.29. The van der Waals surface area contributed by atoms with Crippen LogP contribution in [0.3, 0.4) is 0 Å². The summed E-state index contributed by atoms with van der Waals surface area (Å²) in [5.41, 5.74) is 14.6. The third-order valence-electron chi connectivity index (χ3n) is 7.67. The van der Waals surface area contributed by atoms with E-state index in [9.17, 15) is 0 Å². The first-order chi connectivity index (χ1) is 20.6. The average molecular weight is 539 g/mol. The zero-order chi connectivity index (χ0) is 28.7. The Morgan fingerprint density at radius 2 is 0.643 bits per heavy atom. The molecule has 42 heavy (non-hydrogen) atoms. The maximum atomic E-state index is 2.29. The van der Waals surface area contributed by atoms with Crippen LogP contribution in [0.25, 0.3) is 34.4 Å². The molecule has 0 heteroatoms. The molecular weight excluding hydrogens is 504 g/mol. The van der Waals surface area contributed by atoms with Gasteiger partial charge in [0.15, 0.2) is 0 Å². The van der Waals surface area contributed by atoms with Crippen molar-refractivity contribution in [3.8, 4) is 11.1 Å². The Hall–Kier alpha value is -5.20. The third-order valence-corrected chi connectivity index (χ3v) is 7.67. The summed E-state index contributed by atoms with van der Waals surface area (Å²) in [4.78, 5) is 0. The molecule has 202 valence electrons. The van der Waals surface area contributed by atoms with E-state index in [1.165, 1.54) is 66.8 Å². The highest BCUT2D eigenvalue weighted by Crippen LogP contribution is 2.30. The topological polar surface area (TPSA) is 0 Å². The molecule has 0 heterocycles. The van der Waals surface area contributed by atoms with Gasteiger partial charge in [-0.2, -0.15) is 0 Å². The predicted octanol–water partition coefficient (Wildman–Crippen LogP) is 11.1. The number of hydrogen-bond acceptors (Lipinski definition) is 0. The van der Waals surface area contributed by atoms with Crippen LogP contribution < -0.4 is 0 Å². The van der Waals surface area contributed by atoms with E-state index in [2.05, 4.69) is 184 Å². The molecule has 0 aliphatic carbocycles. The molecule has 0 aliphatic rings. The van der Waals surface area contributed by atoms with Gasteiger partial charge in [-0.05, 0) is 81.7 Å². The zero-order valence-electron chi connectivity index (χ0n) is 24.2. The van der Waals surface area contributed by atoms with Crippen LogP contribution >= 0.6 is 0 Å². The van der Waals surface area contributed by atoms with Gasteiger partial charge in [-0.1, -0.05) is 169 Å². The summed E-state index contributed by atoms with van der Waals surface area (Å²) in [5, 5.41) is 0. The highest BCUT2D eigenvalue weighted by atomic mass is 14.1. The Morgan fingerprint density at radius 3 is 0.976 bits per heavy atom.